The van der Waals surface area contributed by atoms with Gasteiger partial charge in [0, 0.05) is 19.5 Å². The predicted molar refractivity (Wildman–Crippen MR) is 60.8 cm³/mol. The van der Waals surface area contributed by atoms with Crippen LogP contribution in [0.2, 0.25) is 0 Å². The molecule has 0 saturated heterocycles. The van der Waals surface area contributed by atoms with E-state index in [0.29, 0.717) is 25.3 Å². The standard InChI is InChI=1S/C10H14N4O3/c1-2-11-9(15)5-6-12-8-4-3-7(10(16)17)13-14-8/h3-4H,2,5-6H2,1H3,(H,11,15)(H,12,14)(H,16,17). The zero-order chi connectivity index (χ0) is 12.7. The van der Waals surface area contributed by atoms with Crippen molar-refractivity contribution in [3.05, 3.63) is 17.8 Å². The van der Waals surface area contributed by atoms with E-state index >= 15 is 0 Å². The van der Waals surface area contributed by atoms with Crippen LogP contribution in [0.25, 0.3) is 0 Å². The number of carboxylic acid groups (broad SMARTS) is 1. The van der Waals surface area contributed by atoms with Crippen molar-refractivity contribution in [3.8, 4) is 0 Å². The van der Waals surface area contributed by atoms with Crippen molar-refractivity contribution in [1.29, 1.82) is 0 Å². The SMILES string of the molecule is CCNC(=O)CCNc1ccc(C(=O)O)nn1. The molecule has 0 unspecified atom stereocenters. The average molecular weight is 238 g/mol. The van der Waals surface area contributed by atoms with Crippen LogP contribution >= 0.6 is 0 Å². The topological polar surface area (TPSA) is 104 Å². The second kappa shape index (κ2) is 6.41. The first-order valence-electron chi connectivity index (χ1n) is 5.21. The largest absolute Gasteiger partial charge is 0.476 e. The van der Waals surface area contributed by atoms with Crippen LogP contribution in [0.1, 0.15) is 23.8 Å². The molecule has 17 heavy (non-hydrogen) atoms. The fraction of sp³-hybridized carbons (Fsp3) is 0.400. The average Bonchev–Trinajstić information content (AvgIpc) is 2.30. The van der Waals surface area contributed by atoms with Crippen molar-refractivity contribution in [1.82, 2.24) is 15.5 Å². The number of hydrogen-bond donors (Lipinski definition) is 3. The molecule has 0 aliphatic carbocycles. The summed E-state index contributed by atoms with van der Waals surface area (Å²) in [6.45, 7) is 2.88. The van der Waals surface area contributed by atoms with Gasteiger partial charge in [0.15, 0.2) is 5.69 Å². The van der Waals surface area contributed by atoms with Gasteiger partial charge in [-0.25, -0.2) is 4.79 Å². The molecule has 3 N–H and O–H groups in total. The first kappa shape index (κ1) is 12.9. The first-order chi connectivity index (χ1) is 8.13. The Kier molecular flexibility index (Phi) is 4.86. The van der Waals surface area contributed by atoms with Gasteiger partial charge in [0.1, 0.15) is 5.82 Å². The summed E-state index contributed by atoms with van der Waals surface area (Å²) in [5, 5.41) is 21.3. The van der Waals surface area contributed by atoms with E-state index in [-0.39, 0.29) is 11.6 Å². The third kappa shape index (κ3) is 4.45. The van der Waals surface area contributed by atoms with Gasteiger partial charge in [-0.3, -0.25) is 4.79 Å². The summed E-state index contributed by atoms with van der Waals surface area (Å²) in [7, 11) is 0. The summed E-state index contributed by atoms with van der Waals surface area (Å²) in [5.74, 6) is -0.721. The molecule has 1 aromatic rings. The molecule has 92 valence electrons. The molecular weight excluding hydrogens is 224 g/mol. The minimum absolute atomic E-state index is 0.0462. The Labute approximate surface area is 98.2 Å². The molecule has 0 aromatic carbocycles. The van der Waals surface area contributed by atoms with Crippen LogP contribution in [0.5, 0.6) is 0 Å². The monoisotopic (exact) mass is 238 g/mol. The molecule has 1 heterocycles. The molecule has 0 aliphatic heterocycles. The summed E-state index contributed by atoms with van der Waals surface area (Å²) < 4.78 is 0. The number of rotatable bonds is 6. The molecule has 1 rings (SSSR count). The number of carbonyl (C=O) groups is 2. The number of carboxylic acids is 1. The maximum atomic E-state index is 11.1. The van der Waals surface area contributed by atoms with Crippen molar-refractivity contribution in [2.45, 2.75) is 13.3 Å². The third-order valence-electron chi connectivity index (χ3n) is 1.92. The van der Waals surface area contributed by atoms with Gasteiger partial charge in [-0.1, -0.05) is 0 Å². The minimum atomic E-state index is -1.12. The van der Waals surface area contributed by atoms with E-state index in [1.54, 1.807) is 0 Å². The van der Waals surface area contributed by atoms with Gasteiger partial charge in [-0.2, -0.15) is 0 Å². The van der Waals surface area contributed by atoms with E-state index in [1.807, 2.05) is 6.92 Å². The summed E-state index contributed by atoms with van der Waals surface area (Å²) in [4.78, 5) is 21.6. The maximum Gasteiger partial charge on any atom is 0.356 e. The van der Waals surface area contributed by atoms with Gasteiger partial charge in [0.2, 0.25) is 5.91 Å². The molecule has 0 spiro atoms. The number of carbonyl (C=O) groups excluding carboxylic acids is 1. The highest BCUT2D eigenvalue weighted by Crippen LogP contribution is 2.01. The molecule has 1 aromatic heterocycles. The predicted octanol–water partition coefficient (Wildman–Crippen LogP) is 0.113. The Morgan fingerprint density at radius 1 is 1.35 bits per heavy atom. The Balaban J connectivity index is 2.37. The lowest BCUT2D eigenvalue weighted by atomic mass is 10.3. The molecule has 0 bridgehead atoms. The molecule has 0 atom stereocenters. The summed E-state index contributed by atoms with van der Waals surface area (Å²) in [5.41, 5.74) is -0.112. The Hall–Kier alpha value is -2.18. The van der Waals surface area contributed by atoms with Crippen LogP contribution < -0.4 is 10.6 Å². The summed E-state index contributed by atoms with van der Waals surface area (Å²) in [6, 6.07) is 2.86. The smallest absolute Gasteiger partial charge is 0.356 e. The van der Waals surface area contributed by atoms with E-state index < -0.39 is 5.97 Å². The number of anilines is 1. The van der Waals surface area contributed by atoms with E-state index in [9.17, 15) is 9.59 Å². The van der Waals surface area contributed by atoms with E-state index in [0.717, 1.165) is 0 Å². The van der Waals surface area contributed by atoms with Gasteiger partial charge in [-0.05, 0) is 19.1 Å². The summed E-state index contributed by atoms with van der Waals surface area (Å²) >= 11 is 0. The minimum Gasteiger partial charge on any atom is -0.476 e. The zero-order valence-corrected chi connectivity index (χ0v) is 9.43. The maximum absolute atomic E-state index is 11.1. The molecule has 0 saturated carbocycles. The van der Waals surface area contributed by atoms with E-state index in [4.69, 9.17) is 5.11 Å². The fourth-order valence-electron chi connectivity index (χ4n) is 1.13. The van der Waals surface area contributed by atoms with E-state index in [1.165, 1.54) is 12.1 Å². The van der Waals surface area contributed by atoms with Crippen molar-refractivity contribution >= 4 is 17.7 Å². The Morgan fingerprint density at radius 2 is 2.12 bits per heavy atom. The first-order valence-corrected chi connectivity index (χ1v) is 5.21. The van der Waals surface area contributed by atoms with Crippen LogP contribution in [0, 0.1) is 0 Å². The number of nitrogens with one attached hydrogen (secondary N) is 2. The van der Waals surface area contributed by atoms with Gasteiger partial charge < -0.3 is 15.7 Å². The number of hydrogen-bond acceptors (Lipinski definition) is 5. The van der Waals surface area contributed by atoms with Gasteiger partial charge in [0.05, 0.1) is 0 Å². The molecular formula is C10H14N4O3. The Morgan fingerprint density at radius 3 is 2.65 bits per heavy atom. The molecule has 0 aliphatic rings. The highest BCUT2D eigenvalue weighted by Gasteiger charge is 2.05. The van der Waals surface area contributed by atoms with Crippen LogP contribution in [0.3, 0.4) is 0 Å². The highest BCUT2D eigenvalue weighted by molar-refractivity contribution is 5.85. The van der Waals surface area contributed by atoms with Crippen LogP contribution in [0.4, 0.5) is 5.82 Å². The van der Waals surface area contributed by atoms with Gasteiger partial charge in [0.25, 0.3) is 0 Å². The van der Waals surface area contributed by atoms with Gasteiger partial charge in [-0.15, -0.1) is 10.2 Å². The Bertz CT molecular complexity index is 391. The lowest BCUT2D eigenvalue weighted by molar-refractivity contribution is -0.120. The summed E-state index contributed by atoms with van der Waals surface area (Å²) in [6.07, 6.45) is 0.330. The number of aromatic nitrogens is 2. The highest BCUT2D eigenvalue weighted by atomic mass is 16.4. The number of amides is 1. The lowest BCUT2D eigenvalue weighted by Gasteiger charge is -2.04. The third-order valence-corrected chi connectivity index (χ3v) is 1.92. The van der Waals surface area contributed by atoms with Crippen molar-refractivity contribution < 1.29 is 14.7 Å². The zero-order valence-electron chi connectivity index (χ0n) is 9.43. The van der Waals surface area contributed by atoms with Crippen molar-refractivity contribution in [2.24, 2.45) is 0 Å². The van der Waals surface area contributed by atoms with Crippen LogP contribution in [-0.2, 0) is 4.79 Å². The van der Waals surface area contributed by atoms with Crippen LogP contribution in [0.15, 0.2) is 12.1 Å². The van der Waals surface area contributed by atoms with Crippen molar-refractivity contribution in [2.75, 3.05) is 18.4 Å². The molecule has 7 nitrogen and oxygen atoms in total. The van der Waals surface area contributed by atoms with Crippen LogP contribution in [-0.4, -0.2) is 40.3 Å². The molecule has 0 radical (unpaired) electrons. The molecule has 1 amide bonds. The quantitative estimate of drug-likeness (QED) is 0.650. The second-order valence-electron chi connectivity index (χ2n) is 3.24. The normalized spacial score (nSPS) is 9.71. The molecule has 7 heteroatoms. The fourth-order valence-corrected chi connectivity index (χ4v) is 1.13. The van der Waals surface area contributed by atoms with Gasteiger partial charge >= 0.3 is 5.97 Å². The van der Waals surface area contributed by atoms with Crippen molar-refractivity contribution in [3.63, 3.8) is 0 Å². The van der Waals surface area contributed by atoms with E-state index in [2.05, 4.69) is 20.8 Å². The number of aromatic carboxylic acids is 1. The number of nitrogens with zero attached hydrogens (tertiary/aromatic N) is 2. The second-order valence-corrected chi connectivity index (χ2v) is 3.24. The molecule has 0 fully saturated rings. The lowest BCUT2D eigenvalue weighted by Crippen LogP contribution is -2.24.